The normalized spacial score (nSPS) is 26.9. The molecule has 2 aromatic rings. The molecule has 2 atom stereocenters. The lowest BCUT2D eigenvalue weighted by Gasteiger charge is -2.28. The molecule has 0 N–H and O–H groups in total. The Hall–Kier alpha value is -1.02. The lowest BCUT2D eigenvalue weighted by molar-refractivity contribution is 0.0645. The zero-order chi connectivity index (χ0) is 15.2. The van der Waals surface area contributed by atoms with E-state index in [2.05, 4.69) is 4.98 Å². The highest BCUT2D eigenvalue weighted by Crippen LogP contribution is 2.33. The number of rotatable bonds is 3. The average Bonchev–Trinajstić information content (AvgIpc) is 3.25. The van der Waals surface area contributed by atoms with Gasteiger partial charge in [0.15, 0.2) is 0 Å². The van der Waals surface area contributed by atoms with Gasteiger partial charge in [0.2, 0.25) is 10.0 Å². The van der Waals surface area contributed by atoms with Crippen LogP contribution in [-0.2, 0) is 14.8 Å². The van der Waals surface area contributed by atoms with Crippen LogP contribution in [-0.4, -0.2) is 43.0 Å². The monoisotopic (exact) mass is 338 g/mol. The Labute approximate surface area is 134 Å². The van der Waals surface area contributed by atoms with Crippen LogP contribution >= 0.6 is 11.3 Å². The van der Waals surface area contributed by atoms with E-state index in [-0.39, 0.29) is 12.1 Å². The fourth-order valence-electron chi connectivity index (χ4n) is 3.48. The number of fused-ring (bicyclic) bond motifs is 1. The van der Waals surface area contributed by atoms with E-state index in [1.165, 1.54) is 11.3 Å². The maximum absolute atomic E-state index is 13.0. The van der Waals surface area contributed by atoms with Crippen molar-refractivity contribution in [3.05, 3.63) is 23.7 Å². The Morgan fingerprint density at radius 2 is 2.18 bits per heavy atom. The van der Waals surface area contributed by atoms with Gasteiger partial charge >= 0.3 is 0 Å². The van der Waals surface area contributed by atoms with Crippen molar-refractivity contribution in [2.45, 2.75) is 42.7 Å². The molecule has 5 nitrogen and oxygen atoms in total. The molecule has 7 heteroatoms. The summed E-state index contributed by atoms with van der Waals surface area (Å²) in [4.78, 5) is 4.57. The molecule has 118 valence electrons. The smallest absolute Gasteiger partial charge is 0.243 e. The first-order valence-electron chi connectivity index (χ1n) is 7.63. The summed E-state index contributed by atoms with van der Waals surface area (Å²) in [5.41, 5.74) is 2.49. The summed E-state index contributed by atoms with van der Waals surface area (Å²) in [6.45, 7) is 1.34. The molecule has 0 spiro atoms. The summed E-state index contributed by atoms with van der Waals surface area (Å²) >= 11 is 1.52. The van der Waals surface area contributed by atoms with E-state index in [4.69, 9.17) is 4.74 Å². The van der Waals surface area contributed by atoms with Gasteiger partial charge in [0.05, 0.1) is 32.8 Å². The third-order valence-corrected chi connectivity index (χ3v) is 7.28. The average molecular weight is 338 g/mol. The molecule has 3 heterocycles. The molecule has 0 bridgehead atoms. The lowest BCUT2D eigenvalue weighted by Crippen LogP contribution is -2.42. The van der Waals surface area contributed by atoms with Gasteiger partial charge in [-0.25, -0.2) is 13.4 Å². The van der Waals surface area contributed by atoms with Crippen molar-refractivity contribution < 1.29 is 13.2 Å². The van der Waals surface area contributed by atoms with Crippen LogP contribution in [0.25, 0.3) is 10.2 Å². The lowest BCUT2D eigenvalue weighted by atomic mass is 10.1. The van der Waals surface area contributed by atoms with Crippen LogP contribution < -0.4 is 0 Å². The molecule has 0 aliphatic carbocycles. The van der Waals surface area contributed by atoms with Crippen LogP contribution in [0.15, 0.2) is 28.6 Å². The summed E-state index contributed by atoms with van der Waals surface area (Å²) in [6, 6.07) is 5.21. The summed E-state index contributed by atoms with van der Waals surface area (Å²) in [5, 5.41) is 0. The maximum Gasteiger partial charge on any atom is 0.243 e. The fraction of sp³-hybridized carbons (Fsp3) is 0.533. The molecule has 0 radical (unpaired) electrons. The van der Waals surface area contributed by atoms with Crippen LogP contribution in [0.5, 0.6) is 0 Å². The highest BCUT2D eigenvalue weighted by Gasteiger charge is 2.41. The van der Waals surface area contributed by atoms with Gasteiger partial charge in [0.25, 0.3) is 0 Å². The van der Waals surface area contributed by atoms with Crippen LogP contribution in [0, 0.1) is 0 Å². The van der Waals surface area contributed by atoms with E-state index >= 15 is 0 Å². The first-order valence-corrected chi connectivity index (χ1v) is 9.95. The topological polar surface area (TPSA) is 59.5 Å². The Morgan fingerprint density at radius 3 is 3.00 bits per heavy atom. The highest BCUT2D eigenvalue weighted by atomic mass is 32.2. The molecular formula is C15H18N2O3S2. The number of hydrogen-bond donors (Lipinski definition) is 0. The number of nitrogens with zero attached hydrogens (tertiary/aromatic N) is 2. The third kappa shape index (κ3) is 2.36. The van der Waals surface area contributed by atoms with Crippen molar-refractivity contribution in [2.75, 3.05) is 13.2 Å². The molecule has 22 heavy (non-hydrogen) atoms. The molecule has 1 aromatic carbocycles. The number of hydrogen-bond acceptors (Lipinski definition) is 5. The van der Waals surface area contributed by atoms with Gasteiger partial charge < -0.3 is 4.74 Å². The van der Waals surface area contributed by atoms with Crippen molar-refractivity contribution in [1.29, 1.82) is 0 Å². The van der Waals surface area contributed by atoms with Gasteiger partial charge in [-0.3, -0.25) is 0 Å². The van der Waals surface area contributed by atoms with Gasteiger partial charge in [-0.1, -0.05) is 0 Å². The van der Waals surface area contributed by atoms with Crippen LogP contribution in [0.1, 0.15) is 25.7 Å². The number of ether oxygens (including phenoxy) is 1. The first kappa shape index (κ1) is 14.6. The van der Waals surface area contributed by atoms with Crippen LogP contribution in [0.4, 0.5) is 0 Å². The third-order valence-electron chi connectivity index (χ3n) is 4.55. The number of thiazole rings is 1. The molecule has 2 saturated heterocycles. The second kappa shape index (κ2) is 5.56. The van der Waals surface area contributed by atoms with E-state index in [9.17, 15) is 8.42 Å². The maximum atomic E-state index is 13.0. The molecule has 0 amide bonds. The number of benzene rings is 1. The standard InChI is InChI=1S/C15H18N2O3S2/c18-22(19,11-5-6-15-12(9-11)16-10-21-15)17-7-1-3-13(17)14-4-2-8-20-14/h5-6,9-10,13-14H,1-4,7-8H2. The molecule has 2 fully saturated rings. The van der Waals surface area contributed by atoms with E-state index in [0.717, 1.165) is 42.5 Å². The second-order valence-electron chi connectivity index (χ2n) is 5.86. The first-order chi connectivity index (χ1) is 10.7. The zero-order valence-electron chi connectivity index (χ0n) is 12.1. The molecule has 4 rings (SSSR count). The Kier molecular flexibility index (Phi) is 3.68. The van der Waals surface area contributed by atoms with Gasteiger partial charge in [-0.15, -0.1) is 11.3 Å². The van der Waals surface area contributed by atoms with E-state index in [1.54, 1.807) is 21.9 Å². The molecular weight excluding hydrogens is 320 g/mol. The second-order valence-corrected chi connectivity index (χ2v) is 8.64. The van der Waals surface area contributed by atoms with Crippen molar-refractivity contribution in [3.63, 3.8) is 0 Å². The quantitative estimate of drug-likeness (QED) is 0.863. The molecule has 0 saturated carbocycles. The highest BCUT2D eigenvalue weighted by molar-refractivity contribution is 7.89. The number of aromatic nitrogens is 1. The van der Waals surface area contributed by atoms with Gasteiger partial charge in [0.1, 0.15) is 0 Å². The number of sulfonamides is 1. The van der Waals surface area contributed by atoms with Gasteiger partial charge in [-0.05, 0) is 43.9 Å². The predicted octanol–water partition coefficient (Wildman–Crippen LogP) is 2.63. The predicted molar refractivity (Wildman–Crippen MR) is 85.5 cm³/mol. The minimum atomic E-state index is -3.48. The van der Waals surface area contributed by atoms with Crippen LogP contribution in [0.3, 0.4) is 0 Å². The summed E-state index contributed by atoms with van der Waals surface area (Å²) < 4.78 is 34.4. The molecule has 2 aliphatic rings. The van der Waals surface area contributed by atoms with Crippen molar-refractivity contribution in [1.82, 2.24) is 9.29 Å². The summed E-state index contributed by atoms with van der Waals surface area (Å²) in [6.07, 6.45) is 3.84. The van der Waals surface area contributed by atoms with Crippen molar-refractivity contribution in [3.8, 4) is 0 Å². The van der Waals surface area contributed by atoms with Gasteiger partial charge in [0, 0.05) is 13.2 Å². The van der Waals surface area contributed by atoms with Gasteiger partial charge in [-0.2, -0.15) is 4.31 Å². The molecule has 2 unspecified atom stereocenters. The SMILES string of the molecule is O=S(=O)(c1ccc2scnc2c1)N1CCCC1C1CCCO1. The fourth-order valence-corrected chi connectivity index (χ4v) is 5.87. The largest absolute Gasteiger partial charge is 0.377 e. The van der Waals surface area contributed by atoms with Crippen molar-refractivity contribution >= 4 is 31.6 Å². The summed E-state index contributed by atoms with van der Waals surface area (Å²) in [5.74, 6) is 0. The Morgan fingerprint density at radius 1 is 1.27 bits per heavy atom. The van der Waals surface area contributed by atoms with Crippen molar-refractivity contribution in [2.24, 2.45) is 0 Å². The van der Waals surface area contributed by atoms with Crippen LogP contribution in [0.2, 0.25) is 0 Å². The van der Waals surface area contributed by atoms with E-state index < -0.39 is 10.0 Å². The summed E-state index contributed by atoms with van der Waals surface area (Å²) in [7, 11) is -3.48. The Bertz CT molecular complexity index is 781. The Balaban J connectivity index is 1.69. The zero-order valence-corrected chi connectivity index (χ0v) is 13.8. The minimum absolute atomic E-state index is 0.0152. The minimum Gasteiger partial charge on any atom is -0.377 e. The van der Waals surface area contributed by atoms with E-state index in [1.807, 2.05) is 6.07 Å². The molecule has 2 aliphatic heterocycles. The van der Waals surface area contributed by atoms with E-state index in [0.29, 0.717) is 11.4 Å². The molecule has 1 aromatic heterocycles.